The summed E-state index contributed by atoms with van der Waals surface area (Å²) in [5.74, 6) is -4.99. The Bertz CT molecular complexity index is 649. The van der Waals surface area contributed by atoms with Gasteiger partial charge >= 0.3 is 12.1 Å². The first-order valence-electron chi connectivity index (χ1n) is 6.60. The van der Waals surface area contributed by atoms with Crippen LogP contribution < -0.4 is 5.32 Å². The van der Waals surface area contributed by atoms with Gasteiger partial charge in [0.05, 0.1) is 0 Å². The van der Waals surface area contributed by atoms with Crippen LogP contribution in [-0.4, -0.2) is 66.8 Å². The van der Waals surface area contributed by atoms with Crippen molar-refractivity contribution in [3.05, 3.63) is 11.3 Å². The van der Waals surface area contributed by atoms with Gasteiger partial charge in [-0.3, -0.25) is 18.7 Å². The number of amides is 2. The minimum absolute atomic E-state index is 0.144. The molecule has 2 N–H and O–H groups in total. The molecule has 0 saturated carbocycles. The highest BCUT2D eigenvalue weighted by atomic mass is 32.2. The molecular weight excluding hydrogens is 373 g/mol. The predicted molar refractivity (Wildman–Crippen MR) is 79.3 cm³/mol. The fourth-order valence-corrected chi connectivity index (χ4v) is 4.51. The minimum atomic E-state index is -4.65. The van der Waals surface area contributed by atoms with Gasteiger partial charge in [0.25, 0.3) is 5.91 Å². The van der Waals surface area contributed by atoms with Gasteiger partial charge < -0.3 is 10.4 Å². The van der Waals surface area contributed by atoms with E-state index >= 15 is 0 Å². The van der Waals surface area contributed by atoms with Crippen LogP contribution in [0.2, 0.25) is 0 Å². The molecule has 3 atom stereocenters. The Labute approximate surface area is 141 Å². The zero-order chi connectivity index (χ0) is 18.2. The molecule has 24 heavy (non-hydrogen) atoms. The summed E-state index contributed by atoms with van der Waals surface area (Å²) in [5.41, 5.74) is 0.364. The predicted octanol–water partition coefficient (Wildman–Crippen LogP) is 0.0559. The Hall–Kier alpha value is -1.56. The highest BCUT2D eigenvalue weighted by molar-refractivity contribution is 8.00. The summed E-state index contributed by atoms with van der Waals surface area (Å²) in [7, 11) is -2.43. The molecule has 2 unspecified atom stereocenters. The van der Waals surface area contributed by atoms with Crippen LogP contribution in [0.25, 0.3) is 0 Å². The molecule has 2 heterocycles. The second-order valence-electron chi connectivity index (χ2n) is 5.23. The number of carbonyl (C=O) groups excluding carboxylic acids is 2. The lowest BCUT2D eigenvalue weighted by atomic mass is 10.0. The third-order valence-corrected chi connectivity index (χ3v) is 5.95. The minimum Gasteiger partial charge on any atom is -0.477 e. The van der Waals surface area contributed by atoms with Crippen molar-refractivity contribution < 1.29 is 36.9 Å². The van der Waals surface area contributed by atoms with Gasteiger partial charge in [0.2, 0.25) is 5.91 Å². The summed E-state index contributed by atoms with van der Waals surface area (Å²) in [6, 6.07) is -1.03. The Balaban J connectivity index is 1.97. The summed E-state index contributed by atoms with van der Waals surface area (Å²) in [6.45, 7) is 1.58. The largest absolute Gasteiger partial charge is 0.477 e. The molecule has 0 aromatic carbocycles. The fraction of sp³-hybridized carbons (Fsp3) is 0.583. The normalized spacial score (nSPS) is 25.0. The highest BCUT2D eigenvalue weighted by Crippen LogP contribution is 2.40. The van der Waals surface area contributed by atoms with Crippen molar-refractivity contribution >= 4 is 40.3 Å². The molecule has 7 nitrogen and oxygen atoms in total. The maximum atomic E-state index is 12.1. The van der Waals surface area contributed by atoms with Crippen LogP contribution in [0.1, 0.15) is 6.92 Å². The van der Waals surface area contributed by atoms with E-state index < -0.39 is 57.7 Å². The van der Waals surface area contributed by atoms with E-state index in [0.29, 0.717) is 11.3 Å². The number of alkyl halides is 3. The molecule has 0 radical (unpaired) electrons. The van der Waals surface area contributed by atoms with Gasteiger partial charge in [-0.05, 0) is 12.5 Å². The number of hydrogen-bond donors (Lipinski definition) is 2. The molecule has 0 aromatic rings. The maximum absolute atomic E-state index is 12.1. The van der Waals surface area contributed by atoms with E-state index in [2.05, 4.69) is 5.32 Å². The molecule has 2 amide bonds. The molecule has 2 rings (SSSR count). The van der Waals surface area contributed by atoms with Crippen molar-refractivity contribution in [2.75, 3.05) is 17.3 Å². The number of fused-ring (bicyclic) bond motifs is 1. The highest BCUT2D eigenvalue weighted by Gasteiger charge is 2.53. The summed E-state index contributed by atoms with van der Waals surface area (Å²) >= 11 is 1.24. The SMILES string of the molecule is CC1=C(C(=O)O)N2C(=O)C(NC(=O)CS(=O)CC(F)(F)F)[C@H]2SC1. The van der Waals surface area contributed by atoms with Crippen LogP contribution >= 0.6 is 11.8 Å². The van der Waals surface area contributed by atoms with Gasteiger partial charge in [-0.25, -0.2) is 4.79 Å². The van der Waals surface area contributed by atoms with Gasteiger partial charge in [-0.2, -0.15) is 13.2 Å². The molecule has 0 aliphatic carbocycles. The number of β-lactam (4-membered cyclic amide) rings is 1. The second-order valence-corrected chi connectivity index (χ2v) is 7.79. The molecule has 2 aliphatic rings. The monoisotopic (exact) mass is 386 g/mol. The van der Waals surface area contributed by atoms with Crippen LogP contribution in [-0.2, 0) is 25.2 Å². The number of thioether (sulfide) groups is 1. The molecule has 1 saturated heterocycles. The first-order valence-corrected chi connectivity index (χ1v) is 9.13. The summed E-state index contributed by atoms with van der Waals surface area (Å²) in [6.07, 6.45) is -4.65. The van der Waals surface area contributed by atoms with E-state index in [1.54, 1.807) is 6.92 Å². The van der Waals surface area contributed by atoms with Gasteiger partial charge in [0, 0.05) is 16.6 Å². The fourth-order valence-electron chi connectivity index (χ4n) is 2.37. The number of carboxylic acids is 1. The van der Waals surface area contributed by atoms with Crippen molar-refractivity contribution in [2.24, 2.45) is 0 Å². The zero-order valence-corrected chi connectivity index (χ0v) is 13.9. The van der Waals surface area contributed by atoms with Crippen molar-refractivity contribution in [3.8, 4) is 0 Å². The van der Waals surface area contributed by atoms with E-state index in [9.17, 15) is 31.8 Å². The number of nitrogens with zero attached hydrogens (tertiary/aromatic N) is 1. The Morgan fingerprint density at radius 3 is 2.62 bits per heavy atom. The number of hydrogen-bond acceptors (Lipinski definition) is 5. The summed E-state index contributed by atoms with van der Waals surface area (Å²) in [4.78, 5) is 36.0. The van der Waals surface area contributed by atoms with Gasteiger partial charge in [-0.15, -0.1) is 11.8 Å². The zero-order valence-electron chi connectivity index (χ0n) is 12.3. The second kappa shape index (κ2) is 6.75. The maximum Gasteiger partial charge on any atom is 0.400 e. The molecular formula is C12H13F3N2O5S2. The quantitative estimate of drug-likeness (QED) is 0.648. The third kappa shape index (κ3) is 3.91. The standard InChI is InChI=1S/C12H13F3N2O5S2/c1-5-2-23-10-7(9(19)17(10)8(5)11(20)21)16-6(18)3-24(22)4-12(13,14)15/h7,10H,2-4H2,1H3,(H,16,18)(H,20,21)/t7?,10-,24?/m1/s1. The number of carboxylic acid groups (broad SMARTS) is 1. The number of aliphatic carboxylic acids is 1. The van der Waals surface area contributed by atoms with E-state index in [-0.39, 0.29) is 5.70 Å². The Morgan fingerprint density at radius 1 is 1.46 bits per heavy atom. The van der Waals surface area contributed by atoms with Gasteiger partial charge in [0.1, 0.15) is 28.6 Å². The average Bonchev–Trinajstić information content (AvgIpc) is 2.41. The third-order valence-electron chi connectivity index (χ3n) is 3.29. The molecule has 2 aliphatic heterocycles. The molecule has 0 bridgehead atoms. The van der Waals surface area contributed by atoms with Crippen LogP contribution in [0, 0.1) is 0 Å². The van der Waals surface area contributed by atoms with Crippen LogP contribution in [0.4, 0.5) is 13.2 Å². The van der Waals surface area contributed by atoms with Crippen molar-refractivity contribution in [3.63, 3.8) is 0 Å². The topological polar surface area (TPSA) is 104 Å². The molecule has 0 aromatic heterocycles. The van der Waals surface area contributed by atoms with E-state index in [1.165, 1.54) is 11.8 Å². The lowest BCUT2D eigenvalue weighted by Gasteiger charge is -2.49. The first-order chi connectivity index (χ1) is 11.0. The smallest absolute Gasteiger partial charge is 0.400 e. The number of carbonyl (C=O) groups is 3. The Kier molecular flexibility index (Phi) is 5.28. The number of rotatable bonds is 5. The van der Waals surface area contributed by atoms with E-state index in [1.807, 2.05) is 0 Å². The molecule has 0 spiro atoms. The van der Waals surface area contributed by atoms with Crippen molar-refractivity contribution in [2.45, 2.75) is 24.5 Å². The van der Waals surface area contributed by atoms with Gasteiger partial charge in [-0.1, -0.05) is 0 Å². The molecule has 134 valence electrons. The lowest BCUT2D eigenvalue weighted by molar-refractivity contribution is -0.150. The summed E-state index contributed by atoms with van der Waals surface area (Å²) in [5, 5.41) is 10.7. The van der Waals surface area contributed by atoms with E-state index in [0.717, 1.165) is 4.90 Å². The van der Waals surface area contributed by atoms with Crippen LogP contribution in [0.3, 0.4) is 0 Å². The number of halogens is 3. The molecule has 1 fully saturated rings. The van der Waals surface area contributed by atoms with Crippen LogP contribution in [0.15, 0.2) is 11.3 Å². The van der Waals surface area contributed by atoms with Crippen LogP contribution in [0.5, 0.6) is 0 Å². The Morgan fingerprint density at radius 2 is 2.08 bits per heavy atom. The molecule has 12 heteroatoms. The van der Waals surface area contributed by atoms with Crippen molar-refractivity contribution in [1.29, 1.82) is 0 Å². The van der Waals surface area contributed by atoms with Gasteiger partial charge in [0.15, 0.2) is 0 Å². The summed E-state index contributed by atoms with van der Waals surface area (Å²) < 4.78 is 47.5. The first kappa shape index (κ1) is 18.8. The number of nitrogens with one attached hydrogen (secondary N) is 1. The lowest BCUT2D eigenvalue weighted by Crippen LogP contribution is -2.70. The van der Waals surface area contributed by atoms with E-state index in [4.69, 9.17) is 5.11 Å². The average molecular weight is 386 g/mol. The van der Waals surface area contributed by atoms with Crippen molar-refractivity contribution in [1.82, 2.24) is 10.2 Å².